The van der Waals surface area contributed by atoms with Gasteiger partial charge in [0, 0.05) is 5.56 Å². The molecule has 0 aliphatic heterocycles. The smallest absolute Gasteiger partial charge is 0.342 e. The van der Waals surface area contributed by atoms with Crippen molar-refractivity contribution in [1.82, 2.24) is 9.97 Å². The number of nitrogens with one attached hydrogen (secondary N) is 1. The molecular formula is C23H16N2O3S. The highest BCUT2D eigenvalue weighted by molar-refractivity contribution is 8.04. The van der Waals surface area contributed by atoms with Crippen LogP contribution >= 0.6 is 11.8 Å². The molecule has 2 N–H and O–H groups in total. The molecule has 0 aliphatic rings. The Balaban J connectivity index is 1.80. The standard InChI is InChI=1S/C23H16N2O3S/c1-2-13-28-20-12-11-15-7-3-4-8-16(15)17(20)14-21(22(26)27)29-23-24-18-9-5-6-10-19(18)25-23/h1,3-12,14H,13H2,(H,24,25)(H,26,27)/b21-14-. The minimum Gasteiger partial charge on any atom is -0.480 e. The molecule has 0 bridgehead atoms. The van der Waals surface area contributed by atoms with E-state index in [1.807, 2.05) is 54.6 Å². The number of hydrogen-bond acceptors (Lipinski definition) is 4. The maximum Gasteiger partial charge on any atom is 0.342 e. The molecule has 5 nitrogen and oxygen atoms in total. The highest BCUT2D eigenvalue weighted by Crippen LogP contribution is 2.34. The van der Waals surface area contributed by atoms with E-state index in [-0.39, 0.29) is 11.5 Å². The lowest BCUT2D eigenvalue weighted by Gasteiger charge is -2.11. The number of hydrogen-bond donors (Lipinski definition) is 2. The van der Waals surface area contributed by atoms with Crippen LogP contribution in [0.4, 0.5) is 0 Å². The summed E-state index contributed by atoms with van der Waals surface area (Å²) in [6.07, 6.45) is 6.93. The number of ether oxygens (including phenoxy) is 1. The fraction of sp³-hybridized carbons (Fsp3) is 0.0435. The molecule has 0 radical (unpaired) electrons. The van der Waals surface area contributed by atoms with Crippen molar-refractivity contribution in [2.75, 3.05) is 6.61 Å². The Morgan fingerprint density at radius 1 is 1.17 bits per heavy atom. The number of imidazole rings is 1. The van der Waals surface area contributed by atoms with Crippen LogP contribution in [0.2, 0.25) is 0 Å². The number of aromatic nitrogens is 2. The third-order valence-corrected chi connectivity index (χ3v) is 5.20. The number of terminal acetylenes is 1. The molecule has 1 heterocycles. The van der Waals surface area contributed by atoms with E-state index in [0.717, 1.165) is 33.6 Å². The summed E-state index contributed by atoms with van der Waals surface area (Å²) in [7, 11) is 0. The molecule has 4 rings (SSSR count). The van der Waals surface area contributed by atoms with E-state index in [1.54, 1.807) is 12.1 Å². The second-order valence-electron chi connectivity index (χ2n) is 6.17. The average Bonchev–Trinajstić information content (AvgIpc) is 3.15. The lowest BCUT2D eigenvalue weighted by atomic mass is 10.0. The van der Waals surface area contributed by atoms with Gasteiger partial charge in [0.05, 0.1) is 11.0 Å². The zero-order chi connectivity index (χ0) is 20.2. The normalized spacial score (nSPS) is 11.5. The fourth-order valence-corrected chi connectivity index (χ4v) is 3.79. The summed E-state index contributed by atoms with van der Waals surface area (Å²) >= 11 is 1.06. The van der Waals surface area contributed by atoms with Crippen molar-refractivity contribution in [2.45, 2.75) is 5.16 Å². The minimum absolute atomic E-state index is 0.0955. The average molecular weight is 400 g/mol. The number of nitrogens with zero attached hydrogens (tertiary/aromatic N) is 1. The van der Waals surface area contributed by atoms with Gasteiger partial charge in [0.25, 0.3) is 0 Å². The van der Waals surface area contributed by atoms with Gasteiger partial charge in [-0.25, -0.2) is 9.78 Å². The number of para-hydroxylation sites is 2. The topological polar surface area (TPSA) is 75.2 Å². The zero-order valence-electron chi connectivity index (χ0n) is 15.3. The Labute approximate surface area is 171 Å². The number of carboxylic acids is 1. The van der Waals surface area contributed by atoms with Crippen LogP contribution in [-0.2, 0) is 4.79 Å². The lowest BCUT2D eigenvalue weighted by molar-refractivity contribution is -0.131. The van der Waals surface area contributed by atoms with Crippen molar-refractivity contribution < 1.29 is 14.6 Å². The molecule has 0 saturated carbocycles. The summed E-state index contributed by atoms with van der Waals surface area (Å²) in [5.74, 6) is 1.93. The summed E-state index contributed by atoms with van der Waals surface area (Å²) in [5.41, 5.74) is 2.30. The summed E-state index contributed by atoms with van der Waals surface area (Å²) in [4.78, 5) is 19.7. The molecule has 3 aromatic carbocycles. The van der Waals surface area contributed by atoms with Crippen LogP contribution in [0, 0.1) is 12.3 Å². The molecule has 142 valence electrons. The van der Waals surface area contributed by atoms with Crippen LogP contribution in [0.3, 0.4) is 0 Å². The zero-order valence-corrected chi connectivity index (χ0v) is 16.1. The Morgan fingerprint density at radius 2 is 1.97 bits per heavy atom. The van der Waals surface area contributed by atoms with E-state index in [9.17, 15) is 9.90 Å². The van der Waals surface area contributed by atoms with Crippen LogP contribution in [0.15, 0.2) is 70.7 Å². The molecule has 0 fully saturated rings. The number of aliphatic carboxylic acids is 1. The molecule has 0 amide bonds. The van der Waals surface area contributed by atoms with Gasteiger partial charge in [0.1, 0.15) is 17.3 Å². The van der Waals surface area contributed by atoms with E-state index in [2.05, 4.69) is 15.9 Å². The Morgan fingerprint density at radius 3 is 2.76 bits per heavy atom. The van der Waals surface area contributed by atoms with Crippen molar-refractivity contribution >= 4 is 45.6 Å². The van der Waals surface area contributed by atoms with E-state index in [4.69, 9.17) is 11.2 Å². The second kappa shape index (κ2) is 8.13. The highest BCUT2D eigenvalue weighted by atomic mass is 32.2. The lowest BCUT2D eigenvalue weighted by Crippen LogP contribution is -2.00. The van der Waals surface area contributed by atoms with Crippen molar-refractivity contribution in [3.05, 3.63) is 71.1 Å². The maximum absolute atomic E-state index is 12.0. The van der Waals surface area contributed by atoms with Crippen molar-refractivity contribution in [2.24, 2.45) is 0 Å². The number of fused-ring (bicyclic) bond motifs is 2. The van der Waals surface area contributed by atoms with Crippen LogP contribution in [0.1, 0.15) is 5.56 Å². The monoisotopic (exact) mass is 400 g/mol. The second-order valence-corrected chi connectivity index (χ2v) is 7.20. The van der Waals surface area contributed by atoms with Crippen LogP contribution < -0.4 is 4.74 Å². The molecule has 4 aromatic rings. The molecule has 6 heteroatoms. The van der Waals surface area contributed by atoms with Gasteiger partial charge in [-0.3, -0.25) is 0 Å². The number of thioether (sulfide) groups is 1. The van der Waals surface area contributed by atoms with Gasteiger partial charge in [0.15, 0.2) is 5.16 Å². The van der Waals surface area contributed by atoms with Gasteiger partial charge in [0.2, 0.25) is 0 Å². The van der Waals surface area contributed by atoms with Crippen LogP contribution in [-0.4, -0.2) is 27.7 Å². The molecule has 0 spiro atoms. The SMILES string of the molecule is C#CCOc1ccc2ccccc2c1/C=C(\Sc1nc2ccccc2[nH]1)C(=O)O. The maximum atomic E-state index is 12.0. The van der Waals surface area contributed by atoms with E-state index in [1.165, 1.54) is 0 Å². The first-order valence-corrected chi connectivity index (χ1v) is 9.63. The first kappa shape index (κ1) is 18.7. The molecule has 0 saturated heterocycles. The first-order chi connectivity index (χ1) is 14.2. The predicted octanol–water partition coefficient (Wildman–Crippen LogP) is 4.95. The van der Waals surface area contributed by atoms with Gasteiger partial charge in [-0.05, 0) is 46.8 Å². The summed E-state index contributed by atoms with van der Waals surface area (Å²) in [6, 6.07) is 19.0. The third kappa shape index (κ3) is 3.96. The predicted molar refractivity (Wildman–Crippen MR) is 116 cm³/mol. The number of benzene rings is 3. The molecule has 0 atom stereocenters. The first-order valence-electron chi connectivity index (χ1n) is 8.81. The number of aromatic amines is 1. The van der Waals surface area contributed by atoms with Gasteiger partial charge in [-0.15, -0.1) is 6.42 Å². The quantitative estimate of drug-likeness (QED) is 0.272. The largest absolute Gasteiger partial charge is 0.480 e. The number of H-pyrrole nitrogens is 1. The Kier molecular flexibility index (Phi) is 5.23. The summed E-state index contributed by atoms with van der Waals surface area (Å²) < 4.78 is 5.67. The van der Waals surface area contributed by atoms with E-state index in [0.29, 0.717) is 16.5 Å². The van der Waals surface area contributed by atoms with Gasteiger partial charge < -0.3 is 14.8 Å². The van der Waals surface area contributed by atoms with Crippen molar-refractivity contribution in [3.8, 4) is 18.1 Å². The third-order valence-electron chi connectivity index (χ3n) is 4.30. The Bertz CT molecular complexity index is 1250. The summed E-state index contributed by atoms with van der Waals surface area (Å²) in [6.45, 7) is 0.0955. The Hall–Kier alpha value is -3.69. The molecule has 0 unspecified atom stereocenters. The minimum atomic E-state index is -1.05. The highest BCUT2D eigenvalue weighted by Gasteiger charge is 2.16. The van der Waals surface area contributed by atoms with Crippen molar-refractivity contribution in [3.63, 3.8) is 0 Å². The molecule has 0 aliphatic carbocycles. The number of carboxylic acid groups (broad SMARTS) is 1. The van der Waals surface area contributed by atoms with Gasteiger partial charge in [-0.1, -0.05) is 48.4 Å². The molecule has 1 aromatic heterocycles. The molecular weight excluding hydrogens is 384 g/mol. The molecule has 29 heavy (non-hydrogen) atoms. The van der Waals surface area contributed by atoms with Crippen molar-refractivity contribution in [1.29, 1.82) is 0 Å². The van der Waals surface area contributed by atoms with Gasteiger partial charge in [-0.2, -0.15) is 0 Å². The fourth-order valence-electron chi connectivity index (χ4n) is 3.02. The van der Waals surface area contributed by atoms with E-state index < -0.39 is 5.97 Å². The summed E-state index contributed by atoms with van der Waals surface area (Å²) in [5, 5.41) is 12.2. The van der Waals surface area contributed by atoms with E-state index >= 15 is 0 Å². The van der Waals surface area contributed by atoms with Crippen LogP contribution in [0.25, 0.3) is 27.9 Å². The number of rotatable bonds is 6. The van der Waals surface area contributed by atoms with Crippen LogP contribution in [0.5, 0.6) is 5.75 Å². The number of carbonyl (C=O) groups is 1. The van der Waals surface area contributed by atoms with Gasteiger partial charge >= 0.3 is 5.97 Å².